The largest absolute Gasteiger partial charge is 0.469 e. The molecule has 0 unspecified atom stereocenters. The summed E-state index contributed by atoms with van der Waals surface area (Å²) in [7, 11) is 1.55. The second-order valence-corrected chi connectivity index (χ2v) is 11.2. The Labute approximate surface area is 194 Å². The number of carbonyl (C=O) groups excluding carboxylic acids is 1. The molecule has 3 aliphatic rings. The lowest BCUT2D eigenvalue weighted by molar-refractivity contribution is -0.168. The highest BCUT2D eigenvalue weighted by Gasteiger charge is 2.57. The smallest absolute Gasteiger partial charge is 0.311 e. The van der Waals surface area contributed by atoms with E-state index in [1.807, 2.05) is 6.26 Å². The molecule has 1 aromatic heterocycles. The first-order valence-electron chi connectivity index (χ1n) is 12.9. The Hall–Kier alpha value is -1.55. The van der Waals surface area contributed by atoms with Crippen LogP contribution >= 0.6 is 0 Å². The lowest BCUT2D eigenvalue weighted by atomic mass is 9.46. The molecule has 0 spiro atoms. The van der Waals surface area contributed by atoms with Crippen LogP contribution in [0.15, 0.2) is 28.9 Å². The van der Waals surface area contributed by atoms with Gasteiger partial charge in [0.05, 0.1) is 25.3 Å². The molecule has 1 aromatic rings. The highest BCUT2D eigenvalue weighted by atomic mass is 16.5. The first kappa shape index (κ1) is 23.6. The molecule has 0 radical (unpaired) electrons. The first-order valence-corrected chi connectivity index (χ1v) is 12.9. The molecule has 2 aliphatic carbocycles. The van der Waals surface area contributed by atoms with Gasteiger partial charge in [0.15, 0.2) is 0 Å². The fourth-order valence-corrected chi connectivity index (χ4v) is 7.49. The van der Waals surface area contributed by atoms with E-state index in [1.165, 1.54) is 56.3 Å². The van der Waals surface area contributed by atoms with Gasteiger partial charge in [0, 0.05) is 0 Å². The zero-order chi connectivity index (χ0) is 22.8. The molecule has 0 N–H and O–H groups in total. The second kappa shape index (κ2) is 9.75. The maximum Gasteiger partial charge on any atom is 0.311 e. The normalized spacial score (nSPS) is 34.0. The number of hydrogen-bond acceptors (Lipinski definition) is 4. The molecule has 32 heavy (non-hydrogen) atoms. The minimum atomic E-state index is -0.367. The van der Waals surface area contributed by atoms with Crippen molar-refractivity contribution in [2.45, 2.75) is 91.0 Å². The van der Waals surface area contributed by atoms with Gasteiger partial charge in [-0.15, -0.1) is 0 Å². The van der Waals surface area contributed by atoms with E-state index in [4.69, 9.17) is 9.15 Å². The first-order chi connectivity index (χ1) is 15.4. The van der Waals surface area contributed by atoms with Crippen LogP contribution in [-0.4, -0.2) is 31.1 Å². The van der Waals surface area contributed by atoms with Gasteiger partial charge in [0.1, 0.15) is 5.76 Å². The summed E-state index contributed by atoms with van der Waals surface area (Å²) >= 11 is 0. The van der Waals surface area contributed by atoms with Crippen LogP contribution in [0.1, 0.15) is 89.4 Å². The van der Waals surface area contributed by atoms with E-state index in [2.05, 4.69) is 31.4 Å². The number of allylic oxidation sites excluding steroid dienone is 1. The molecule has 4 rings (SSSR count). The number of hydrogen-bond donors (Lipinski definition) is 0. The maximum atomic E-state index is 12.8. The third-order valence-electron chi connectivity index (χ3n) is 9.28. The number of carbonyl (C=O) groups is 1. The summed E-state index contributed by atoms with van der Waals surface area (Å²) in [5.74, 6) is 1.95. The number of nitrogens with zero attached hydrogens (tertiary/aromatic N) is 1. The van der Waals surface area contributed by atoms with Gasteiger partial charge in [-0.25, -0.2) is 0 Å². The number of esters is 1. The number of furan rings is 1. The summed E-state index contributed by atoms with van der Waals surface area (Å²) in [6.07, 6.45) is 14.6. The summed E-state index contributed by atoms with van der Waals surface area (Å²) in [6, 6.07) is 2.18. The quantitative estimate of drug-likeness (QED) is 0.371. The van der Waals surface area contributed by atoms with E-state index >= 15 is 0 Å². The van der Waals surface area contributed by atoms with Crippen molar-refractivity contribution in [2.75, 3.05) is 20.2 Å². The summed E-state index contributed by atoms with van der Waals surface area (Å²) in [4.78, 5) is 15.4. The molecule has 3 fully saturated rings. The molecule has 1 aliphatic heterocycles. The molecule has 1 saturated heterocycles. The molecule has 0 amide bonds. The fraction of sp³-hybridized carbons (Fsp3) is 0.750. The Morgan fingerprint density at radius 1 is 1.19 bits per heavy atom. The predicted octanol–water partition coefficient (Wildman–Crippen LogP) is 6.54. The Bertz CT molecular complexity index is 805. The monoisotopic (exact) mass is 441 g/mol. The Balaban J connectivity index is 1.48. The van der Waals surface area contributed by atoms with Crippen LogP contribution in [0.4, 0.5) is 0 Å². The van der Waals surface area contributed by atoms with Crippen LogP contribution in [0.2, 0.25) is 0 Å². The summed E-state index contributed by atoms with van der Waals surface area (Å²) in [6.45, 7) is 12.4. The van der Waals surface area contributed by atoms with E-state index in [0.717, 1.165) is 50.8 Å². The SMILES string of the molecule is C=C1CC[C@H]2[C@@](C)(CCC[C@@]2(C)C(=O)OC)[C@H]1CCc1ccoc1CN1CCCCCC1. The topological polar surface area (TPSA) is 42.7 Å². The maximum absolute atomic E-state index is 12.8. The van der Waals surface area contributed by atoms with Crippen LogP contribution in [0.5, 0.6) is 0 Å². The van der Waals surface area contributed by atoms with Gasteiger partial charge >= 0.3 is 5.97 Å². The Kier molecular flexibility index (Phi) is 7.19. The molecule has 4 nitrogen and oxygen atoms in total. The fourth-order valence-electron chi connectivity index (χ4n) is 7.49. The van der Waals surface area contributed by atoms with Crippen LogP contribution in [0.3, 0.4) is 0 Å². The Morgan fingerprint density at radius 2 is 1.94 bits per heavy atom. The van der Waals surface area contributed by atoms with E-state index < -0.39 is 0 Å². The molecule has 0 bridgehead atoms. The van der Waals surface area contributed by atoms with E-state index in [0.29, 0.717) is 11.8 Å². The summed E-state index contributed by atoms with van der Waals surface area (Å²) in [5, 5.41) is 0. The van der Waals surface area contributed by atoms with Gasteiger partial charge in [-0.2, -0.15) is 0 Å². The van der Waals surface area contributed by atoms with Crippen molar-refractivity contribution < 1.29 is 13.9 Å². The summed E-state index contributed by atoms with van der Waals surface area (Å²) < 4.78 is 11.2. The van der Waals surface area contributed by atoms with E-state index in [-0.39, 0.29) is 16.8 Å². The van der Waals surface area contributed by atoms with Gasteiger partial charge in [-0.05, 0) is 100 Å². The number of methoxy groups -OCH3 is 1. The molecule has 2 heterocycles. The van der Waals surface area contributed by atoms with Crippen molar-refractivity contribution in [3.63, 3.8) is 0 Å². The molecular weight excluding hydrogens is 398 g/mol. The van der Waals surface area contributed by atoms with Gasteiger partial charge < -0.3 is 9.15 Å². The van der Waals surface area contributed by atoms with Crippen molar-refractivity contribution in [3.05, 3.63) is 35.8 Å². The van der Waals surface area contributed by atoms with E-state index in [9.17, 15) is 4.79 Å². The average Bonchev–Trinajstić information content (AvgIpc) is 3.04. The van der Waals surface area contributed by atoms with E-state index in [1.54, 1.807) is 7.11 Å². The molecule has 178 valence electrons. The van der Waals surface area contributed by atoms with Crippen molar-refractivity contribution in [3.8, 4) is 0 Å². The van der Waals surface area contributed by atoms with Crippen molar-refractivity contribution >= 4 is 5.97 Å². The number of fused-ring (bicyclic) bond motifs is 1. The lowest BCUT2D eigenvalue weighted by Crippen LogP contribution is -2.53. The second-order valence-electron chi connectivity index (χ2n) is 11.2. The summed E-state index contributed by atoms with van der Waals surface area (Å²) in [5.41, 5.74) is 2.49. The molecule has 4 atom stereocenters. The van der Waals surface area contributed by atoms with Crippen molar-refractivity contribution in [2.24, 2.45) is 22.7 Å². The predicted molar refractivity (Wildman–Crippen MR) is 128 cm³/mol. The highest BCUT2D eigenvalue weighted by molar-refractivity contribution is 5.77. The molecule has 0 aromatic carbocycles. The van der Waals surface area contributed by atoms with Gasteiger partial charge in [-0.1, -0.05) is 38.3 Å². The zero-order valence-electron chi connectivity index (χ0n) is 20.6. The van der Waals surface area contributed by atoms with Gasteiger partial charge in [0.25, 0.3) is 0 Å². The average molecular weight is 442 g/mol. The highest BCUT2D eigenvalue weighted by Crippen LogP contribution is 2.62. The van der Waals surface area contributed by atoms with Crippen molar-refractivity contribution in [1.82, 2.24) is 4.90 Å². The van der Waals surface area contributed by atoms with Crippen molar-refractivity contribution in [1.29, 1.82) is 0 Å². The van der Waals surface area contributed by atoms with Crippen LogP contribution in [-0.2, 0) is 22.5 Å². The lowest BCUT2D eigenvalue weighted by Gasteiger charge is -2.57. The number of rotatable bonds is 6. The Morgan fingerprint density at radius 3 is 2.66 bits per heavy atom. The molecular formula is C28H43NO3. The minimum absolute atomic E-state index is 0.0192. The third kappa shape index (κ3) is 4.44. The van der Waals surface area contributed by atoms with Crippen LogP contribution in [0.25, 0.3) is 0 Å². The number of likely N-dealkylation sites (tertiary alicyclic amines) is 1. The minimum Gasteiger partial charge on any atom is -0.469 e. The standard InChI is InChI=1S/C28H43NO3/c1-21-10-13-25-27(2,15-9-16-28(25,3)26(30)31-4)23(21)12-11-22-14-19-32-24(22)20-29-17-7-5-6-8-18-29/h14,19,23,25H,1,5-13,15-18,20H2,2-4H3/t23-,25-,27-,28+/m0/s1. The number of ether oxygens (including phenoxy) is 1. The zero-order valence-corrected chi connectivity index (χ0v) is 20.6. The van der Waals surface area contributed by atoms with Crippen LogP contribution in [0, 0.1) is 22.7 Å². The van der Waals surface area contributed by atoms with Gasteiger partial charge in [0.2, 0.25) is 0 Å². The number of aryl methyl sites for hydroxylation is 1. The molecule has 4 heteroatoms. The van der Waals surface area contributed by atoms with Gasteiger partial charge in [-0.3, -0.25) is 9.69 Å². The van der Waals surface area contributed by atoms with Crippen LogP contribution < -0.4 is 0 Å². The third-order valence-corrected chi connectivity index (χ3v) is 9.28. The molecule has 2 saturated carbocycles.